The Hall–Kier alpha value is -1.51. The Labute approximate surface area is 140 Å². The topological polar surface area (TPSA) is 38.3 Å². The van der Waals surface area contributed by atoms with Crippen molar-refractivity contribution >= 4 is 11.7 Å². The molecule has 0 saturated heterocycles. The van der Waals surface area contributed by atoms with E-state index in [1.54, 1.807) is 0 Å². The maximum absolute atomic E-state index is 12.3. The van der Waals surface area contributed by atoms with Gasteiger partial charge in [0.15, 0.2) is 0 Å². The minimum atomic E-state index is -0.309. The van der Waals surface area contributed by atoms with Crippen LogP contribution >= 0.6 is 0 Å². The van der Waals surface area contributed by atoms with E-state index in [-0.39, 0.29) is 12.0 Å². The number of hydrogen-bond acceptors (Lipinski definition) is 3. The zero-order valence-electron chi connectivity index (χ0n) is 14.9. The zero-order chi connectivity index (χ0) is 16.7. The lowest BCUT2D eigenvalue weighted by atomic mass is 9.90. The smallest absolute Gasteiger partial charge is 0.328 e. The zero-order valence-corrected chi connectivity index (χ0v) is 14.9. The molecule has 1 atom stereocenters. The molecular weight excluding hydrogens is 286 g/mol. The summed E-state index contributed by atoms with van der Waals surface area (Å²) in [6, 6.07) is 6.04. The average molecular weight is 317 g/mol. The van der Waals surface area contributed by atoms with Gasteiger partial charge in [0.2, 0.25) is 0 Å². The number of nitrogens with one attached hydrogen (secondary N) is 1. The Balaban J connectivity index is 1.92. The number of aryl methyl sites for hydroxylation is 2. The third kappa shape index (κ3) is 4.98. The summed E-state index contributed by atoms with van der Waals surface area (Å²) < 4.78 is 5.56. The van der Waals surface area contributed by atoms with Gasteiger partial charge in [-0.3, -0.25) is 0 Å². The van der Waals surface area contributed by atoms with Crippen LogP contribution in [0.2, 0.25) is 0 Å². The highest BCUT2D eigenvalue weighted by Gasteiger charge is 2.20. The highest BCUT2D eigenvalue weighted by molar-refractivity contribution is 5.79. The molecule has 1 aromatic rings. The van der Waals surface area contributed by atoms with E-state index in [1.165, 1.54) is 43.2 Å². The highest BCUT2D eigenvalue weighted by atomic mass is 16.5. The molecule has 0 aliphatic heterocycles. The van der Waals surface area contributed by atoms with Gasteiger partial charge < -0.3 is 10.1 Å². The predicted molar refractivity (Wildman–Crippen MR) is 95.8 cm³/mol. The lowest BCUT2D eigenvalue weighted by Gasteiger charge is -2.23. The highest BCUT2D eigenvalue weighted by Crippen LogP contribution is 2.25. The first-order valence-electron chi connectivity index (χ1n) is 9.19. The lowest BCUT2D eigenvalue weighted by Crippen LogP contribution is -2.30. The number of hydrogen-bond donors (Lipinski definition) is 1. The molecule has 1 N–H and O–H groups in total. The van der Waals surface area contributed by atoms with Crippen LogP contribution < -0.4 is 5.32 Å². The van der Waals surface area contributed by atoms with Crippen molar-refractivity contribution in [3.8, 4) is 0 Å². The Morgan fingerprint density at radius 2 is 1.78 bits per heavy atom. The minimum absolute atomic E-state index is 0.136. The molecule has 1 saturated carbocycles. The van der Waals surface area contributed by atoms with Gasteiger partial charge in [-0.05, 0) is 49.7 Å². The number of carbonyl (C=O) groups is 1. The van der Waals surface area contributed by atoms with Gasteiger partial charge in [0.05, 0.1) is 6.61 Å². The van der Waals surface area contributed by atoms with E-state index in [1.807, 2.05) is 6.92 Å². The number of anilines is 1. The molecule has 1 fully saturated rings. The molecular formula is C20H31NO2. The van der Waals surface area contributed by atoms with Crippen LogP contribution in [-0.4, -0.2) is 18.6 Å². The molecule has 0 unspecified atom stereocenters. The van der Waals surface area contributed by atoms with Crippen molar-refractivity contribution in [2.75, 3.05) is 11.9 Å². The van der Waals surface area contributed by atoms with Crippen molar-refractivity contribution in [3.05, 3.63) is 29.3 Å². The van der Waals surface area contributed by atoms with Crippen LogP contribution in [0.25, 0.3) is 0 Å². The number of ether oxygens (including phenoxy) is 1. The molecule has 3 heteroatoms. The SMILES string of the molecule is CCc1cccc(CC)c1N[C@@H](C)C(=O)OCC1CCCCC1. The van der Waals surface area contributed by atoms with Gasteiger partial charge in [-0.1, -0.05) is 51.3 Å². The second-order valence-corrected chi connectivity index (χ2v) is 6.66. The maximum atomic E-state index is 12.3. The Morgan fingerprint density at radius 3 is 2.35 bits per heavy atom. The fourth-order valence-electron chi connectivity index (χ4n) is 3.38. The molecule has 128 valence electrons. The maximum Gasteiger partial charge on any atom is 0.328 e. The molecule has 0 bridgehead atoms. The summed E-state index contributed by atoms with van der Waals surface area (Å²) >= 11 is 0. The van der Waals surface area contributed by atoms with Crippen molar-refractivity contribution < 1.29 is 9.53 Å². The first kappa shape index (κ1) is 17.8. The summed E-state index contributed by atoms with van der Waals surface area (Å²) in [5.74, 6) is 0.428. The van der Waals surface area contributed by atoms with E-state index in [9.17, 15) is 4.79 Å². The van der Waals surface area contributed by atoms with E-state index < -0.39 is 0 Å². The summed E-state index contributed by atoms with van der Waals surface area (Å²) in [5.41, 5.74) is 3.63. The number of carbonyl (C=O) groups excluding carboxylic acids is 1. The van der Waals surface area contributed by atoms with Crippen LogP contribution in [0, 0.1) is 5.92 Å². The van der Waals surface area contributed by atoms with E-state index in [0.717, 1.165) is 18.5 Å². The van der Waals surface area contributed by atoms with Crippen LogP contribution in [-0.2, 0) is 22.4 Å². The third-order valence-electron chi connectivity index (χ3n) is 4.90. The van der Waals surface area contributed by atoms with Gasteiger partial charge >= 0.3 is 5.97 Å². The summed E-state index contributed by atoms with van der Waals surface area (Å²) in [4.78, 5) is 12.3. The second kappa shape index (κ2) is 8.95. The van der Waals surface area contributed by atoms with Crippen molar-refractivity contribution in [2.45, 2.75) is 71.8 Å². The molecule has 1 aromatic carbocycles. The molecule has 23 heavy (non-hydrogen) atoms. The van der Waals surface area contributed by atoms with E-state index >= 15 is 0 Å². The first-order chi connectivity index (χ1) is 11.2. The quantitative estimate of drug-likeness (QED) is 0.738. The molecule has 0 heterocycles. The molecule has 0 radical (unpaired) electrons. The Morgan fingerprint density at radius 1 is 1.17 bits per heavy atom. The standard InChI is InChI=1S/C20H31NO2/c1-4-17-12-9-13-18(5-2)19(17)21-15(3)20(22)23-14-16-10-7-6-8-11-16/h9,12-13,15-16,21H,4-8,10-11,14H2,1-3H3/t15-/m0/s1. The minimum Gasteiger partial charge on any atom is -0.464 e. The fourth-order valence-corrected chi connectivity index (χ4v) is 3.38. The normalized spacial score (nSPS) is 16.8. The molecule has 0 aromatic heterocycles. The molecule has 0 spiro atoms. The van der Waals surface area contributed by atoms with Crippen LogP contribution in [0.15, 0.2) is 18.2 Å². The van der Waals surface area contributed by atoms with Crippen LogP contribution in [0.3, 0.4) is 0 Å². The molecule has 1 aliphatic carbocycles. The molecule has 3 nitrogen and oxygen atoms in total. The van der Waals surface area contributed by atoms with Gasteiger partial charge in [-0.2, -0.15) is 0 Å². The largest absolute Gasteiger partial charge is 0.464 e. The van der Waals surface area contributed by atoms with E-state index in [0.29, 0.717) is 12.5 Å². The van der Waals surface area contributed by atoms with Crippen molar-refractivity contribution in [3.63, 3.8) is 0 Å². The fraction of sp³-hybridized carbons (Fsp3) is 0.650. The summed E-state index contributed by atoms with van der Waals surface area (Å²) in [6.45, 7) is 6.77. The van der Waals surface area contributed by atoms with Crippen LogP contribution in [0.4, 0.5) is 5.69 Å². The first-order valence-corrected chi connectivity index (χ1v) is 9.19. The van der Waals surface area contributed by atoms with Crippen molar-refractivity contribution in [1.82, 2.24) is 0 Å². The van der Waals surface area contributed by atoms with Gasteiger partial charge in [0, 0.05) is 5.69 Å². The van der Waals surface area contributed by atoms with Crippen molar-refractivity contribution in [2.24, 2.45) is 5.92 Å². The Bertz CT molecular complexity index is 484. The van der Waals surface area contributed by atoms with Crippen LogP contribution in [0.5, 0.6) is 0 Å². The van der Waals surface area contributed by atoms with Gasteiger partial charge in [0.25, 0.3) is 0 Å². The average Bonchev–Trinajstić information content (AvgIpc) is 2.60. The van der Waals surface area contributed by atoms with E-state index in [4.69, 9.17) is 4.74 Å². The lowest BCUT2D eigenvalue weighted by molar-refractivity contribution is -0.145. The number of rotatable bonds is 7. The van der Waals surface area contributed by atoms with Gasteiger partial charge in [0.1, 0.15) is 6.04 Å². The van der Waals surface area contributed by atoms with Crippen molar-refractivity contribution in [1.29, 1.82) is 0 Å². The molecule has 0 amide bonds. The summed E-state index contributed by atoms with van der Waals surface area (Å²) in [7, 11) is 0. The predicted octanol–water partition coefficient (Wildman–Crippen LogP) is 4.74. The molecule has 2 rings (SSSR count). The monoisotopic (exact) mass is 317 g/mol. The number of benzene rings is 1. The van der Waals surface area contributed by atoms with Gasteiger partial charge in [-0.15, -0.1) is 0 Å². The number of para-hydroxylation sites is 1. The van der Waals surface area contributed by atoms with Gasteiger partial charge in [-0.25, -0.2) is 4.79 Å². The van der Waals surface area contributed by atoms with E-state index in [2.05, 4.69) is 37.4 Å². The summed E-state index contributed by atoms with van der Waals surface area (Å²) in [5, 5.41) is 3.39. The van der Waals surface area contributed by atoms with Crippen LogP contribution in [0.1, 0.15) is 64.0 Å². The summed E-state index contributed by atoms with van der Waals surface area (Å²) in [6.07, 6.45) is 8.21. The molecule has 1 aliphatic rings. The second-order valence-electron chi connectivity index (χ2n) is 6.66. The Kier molecular flexibility index (Phi) is 6.94. The third-order valence-corrected chi connectivity index (χ3v) is 4.90. The number of esters is 1.